The molecule has 0 aliphatic rings. The van der Waals surface area contributed by atoms with Crippen molar-refractivity contribution < 1.29 is 5.11 Å². The molecule has 0 aromatic carbocycles. The third-order valence-electron chi connectivity index (χ3n) is 2.89. The van der Waals surface area contributed by atoms with Crippen LogP contribution in [0.4, 0.5) is 0 Å². The Kier molecular flexibility index (Phi) is 4.14. The molecule has 3 heteroatoms. The SMILES string of the molecule is CCC(C)C(O)CCc1nccn1C. The first kappa shape index (κ1) is 11.2. The Labute approximate surface area is 85.8 Å². The Bertz CT molecular complexity index is 270. The van der Waals surface area contributed by atoms with Gasteiger partial charge < -0.3 is 9.67 Å². The summed E-state index contributed by atoms with van der Waals surface area (Å²) in [5, 5.41) is 9.77. The maximum atomic E-state index is 9.77. The summed E-state index contributed by atoms with van der Waals surface area (Å²) >= 11 is 0. The number of aromatic nitrogens is 2. The predicted octanol–water partition coefficient (Wildman–Crippen LogP) is 1.76. The van der Waals surface area contributed by atoms with Crippen LogP contribution in [0.25, 0.3) is 0 Å². The molecule has 0 aliphatic carbocycles. The maximum absolute atomic E-state index is 9.77. The first-order valence-electron chi connectivity index (χ1n) is 5.29. The van der Waals surface area contributed by atoms with Crippen LogP contribution in [0.1, 0.15) is 32.5 Å². The van der Waals surface area contributed by atoms with Gasteiger partial charge in [-0.15, -0.1) is 0 Å². The lowest BCUT2D eigenvalue weighted by atomic mass is 9.98. The summed E-state index contributed by atoms with van der Waals surface area (Å²) in [6.07, 6.45) is 6.23. The van der Waals surface area contributed by atoms with Gasteiger partial charge in [-0.25, -0.2) is 4.98 Å². The zero-order chi connectivity index (χ0) is 10.6. The monoisotopic (exact) mass is 196 g/mol. The minimum absolute atomic E-state index is 0.198. The molecule has 0 fully saturated rings. The summed E-state index contributed by atoms with van der Waals surface area (Å²) < 4.78 is 2.00. The molecule has 1 heterocycles. The van der Waals surface area contributed by atoms with E-state index in [1.54, 1.807) is 6.20 Å². The molecule has 0 bridgehead atoms. The van der Waals surface area contributed by atoms with E-state index in [1.165, 1.54) is 0 Å². The molecule has 14 heavy (non-hydrogen) atoms. The zero-order valence-electron chi connectivity index (χ0n) is 9.27. The van der Waals surface area contributed by atoms with E-state index in [1.807, 2.05) is 17.8 Å². The van der Waals surface area contributed by atoms with Gasteiger partial charge in [-0.1, -0.05) is 20.3 Å². The Morgan fingerprint density at radius 2 is 2.29 bits per heavy atom. The van der Waals surface area contributed by atoms with Gasteiger partial charge in [0.2, 0.25) is 0 Å². The highest BCUT2D eigenvalue weighted by molar-refractivity contribution is 4.91. The number of nitrogens with zero attached hydrogens (tertiary/aromatic N) is 2. The van der Waals surface area contributed by atoms with Crippen LogP contribution in [0.3, 0.4) is 0 Å². The normalized spacial score (nSPS) is 15.4. The molecule has 0 spiro atoms. The Balaban J connectivity index is 2.37. The molecule has 0 amide bonds. The van der Waals surface area contributed by atoms with Crippen LogP contribution in [-0.4, -0.2) is 20.8 Å². The van der Waals surface area contributed by atoms with Crippen LogP contribution >= 0.6 is 0 Å². The van der Waals surface area contributed by atoms with Gasteiger partial charge in [0.1, 0.15) is 5.82 Å². The zero-order valence-corrected chi connectivity index (χ0v) is 9.27. The largest absolute Gasteiger partial charge is 0.393 e. The minimum atomic E-state index is -0.198. The van der Waals surface area contributed by atoms with E-state index >= 15 is 0 Å². The Hall–Kier alpha value is -0.830. The smallest absolute Gasteiger partial charge is 0.108 e. The van der Waals surface area contributed by atoms with Gasteiger partial charge in [-0.3, -0.25) is 0 Å². The first-order valence-corrected chi connectivity index (χ1v) is 5.29. The summed E-state index contributed by atoms with van der Waals surface area (Å²) in [5.41, 5.74) is 0. The maximum Gasteiger partial charge on any atom is 0.108 e. The van der Waals surface area contributed by atoms with Gasteiger partial charge in [0.15, 0.2) is 0 Å². The Morgan fingerprint density at radius 3 is 2.79 bits per heavy atom. The molecule has 1 N–H and O–H groups in total. The number of hydrogen-bond acceptors (Lipinski definition) is 2. The van der Waals surface area contributed by atoms with Crippen molar-refractivity contribution in [1.82, 2.24) is 9.55 Å². The van der Waals surface area contributed by atoms with Gasteiger partial charge in [0.25, 0.3) is 0 Å². The third kappa shape index (κ3) is 2.84. The number of rotatable bonds is 5. The summed E-state index contributed by atoms with van der Waals surface area (Å²) in [5.74, 6) is 1.43. The molecule has 0 saturated carbocycles. The molecular formula is C11H20N2O. The average Bonchev–Trinajstić information content (AvgIpc) is 2.59. The summed E-state index contributed by atoms with van der Waals surface area (Å²) in [7, 11) is 1.98. The fourth-order valence-electron chi connectivity index (χ4n) is 1.47. The molecule has 0 aliphatic heterocycles. The first-order chi connectivity index (χ1) is 6.65. The van der Waals surface area contributed by atoms with Crippen molar-refractivity contribution in [1.29, 1.82) is 0 Å². The fourth-order valence-corrected chi connectivity index (χ4v) is 1.47. The lowest BCUT2D eigenvalue weighted by Gasteiger charge is -2.16. The molecule has 0 saturated heterocycles. The van der Waals surface area contributed by atoms with Crippen molar-refractivity contribution in [3.63, 3.8) is 0 Å². The van der Waals surface area contributed by atoms with E-state index in [-0.39, 0.29) is 6.10 Å². The highest BCUT2D eigenvalue weighted by atomic mass is 16.3. The second-order valence-electron chi connectivity index (χ2n) is 3.95. The number of imidazole rings is 1. The highest BCUT2D eigenvalue weighted by Crippen LogP contribution is 2.12. The summed E-state index contributed by atoms with van der Waals surface area (Å²) in [6.45, 7) is 4.19. The lowest BCUT2D eigenvalue weighted by molar-refractivity contribution is 0.105. The predicted molar refractivity (Wildman–Crippen MR) is 57.0 cm³/mol. The van der Waals surface area contributed by atoms with Gasteiger partial charge >= 0.3 is 0 Å². The molecule has 2 atom stereocenters. The number of aryl methyl sites for hydroxylation is 2. The van der Waals surface area contributed by atoms with Crippen LogP contribution in [0.2, 0.25) is 0 Å². The van der Waals surface area contributed by atoms with Crippen molar-refractivity contribution in [2.24, 2.45) is 13.0 Å². The molecular weight excluding hydrogens is 176 g/mol. The lowest BCUT2D eigenvalue weighted by Crippen LogP contribution is -2.18. The van der Waals surface area contributed by atoms with Crippen LogP contribution in [0.15, 0.2) is 12.4 Å². The van der Waals surface area contributed by atoms with Crippen LogP contribution in [-0.2, 0) is 13.5 Å². The molecule has 1 rings (SSSR count). The van der Waals surface area contributed by atoms with Crippen LogP contribution in [0, 0.1) is 5.92 Å². The van der Waals surface area contributed by atoms with Crippen LogP contribution < -0.4 is 0 Å². The van der Waals surface area contributed by atoms with Gasteiger partial charge in [0.05, 0.1) is 6.10 Å². The second kappa shape index (κ2) is 5.15. The van der Waals surface area contributed by atoms with Crippen molar-refractivity contribution in [3.05, 3.63) is 18.2 Å². The van der Waals surface area contributed by atoms with Crippen molar-refractivity contribution >= 4 is 0 Å². The molecule has 80 valence electrons. The summed E-state index contributed by atoms with van der Waals surface area (Å²) in [6, 6.07) is 0. The minimum Gasteiger partial charge on any atom is -0.393 e. The fraction of sp³-hybridized carbons (Fsp3) is 0.727. The quantitative estimate of drug-likeness (QED) is 0.779. The van der Waals surface area contributed by atoms with E-state index in [2.05, 4.69) is 18.8 Å². The summed E-state index contributed by atoms with van der Waals surface area (Å²) in [4.78, 5) is 4.22. The molecule has 1 aromatic rings. The Morgan fingerprint density at radius 1 is 1.57 bits per heavy atom. The average molecular weight is 196 g/mol. The molecule has 1 aromatic heterocycles. The van der Waals surface area contributed by atoms with E-state index in [9.17, 15) is 5.11 Å². The van der Waals surface area contributed by atoms with E-state index in [0.29, 0.717) is 5.92 Å². The van der Waals surface area contributed by atoms with Crippen LogP contribution in [0.5, 0.6) is 0 Å². The van der Waals surface area contributed by atoms with Crippen molar-refractivity contribution in [3.8, 4) is 0 Å². The van der Waals surface area contributed by atoms with Gasteiger partial charge in [-0.05, 0) is 12.3 Å². The van der Waals surface area contributed by atoms with Crippen molar-refractivity contribution in [2.45, 2.75) is 39.2 Å². The topological polar surface area (TPSA) is 38.1 Å². The van der Waals surface area contributed by atoms with Crippen molar-refractivity contribution in [2.75, 3.05) is 0 Å². The second-order valence-corrected chi connectivity index (χ2v) is 3.95. The number of aliphatic hydroxyl groups is 1. The van der Waals surface area contributed by atoms with E-state index < -0.39 is 0 Å². The van der Waals surface area contributed by atoms with Gasteiger partial charge in [-0.2, -0.15) is 0 Å². The molecule has 3 nitrogen and oxygen atoms in total. The standard InChI is InChI=1S/C11H20N2O/c1-4-9(2)10(14)5-6-11-12-7-8-13(11)3/h7-10,14H,4-6H2,1-3H3. The molecule has 0 radical (unpaired) electrons. The number of hydrogen-bond donors (Lipinski definition) is 1. The molecule has 2 unspecified atom stereocenters. The third-order valence-corrected chi connectivity index (χ3v) is 2.89. The highest BCUT2D eigenvalue weighted by Gasteiger charge is 2.12. The van der Waals surface area contributed by atoms with Gasteiger partial charge in [0, 0.05) is 25.9 Å². The number of aliphatic hydroxyl groups excluding tert-OH is 1. The van der Waals surface area contributed by atoms with E-state index in [0.717, 1.165) is 25.1 Å². The van der Waals surface area contributed by atoms with E-state index in [4.69, 9.17) is 0 Å².